The third-order valence-corrected chi connectivity index (χ3v) is 3.80. The summed E-state index contributed by atoms with van der Waals surface area (Å²) >= 11 is 1.69. The van der Waals surface area contributed by atoms with Gasteiger partial charge in [-0.25, -0.2) is 4.99 Å². The van der Waals surface area contributed by atoms with Crippen molar-refractivity contribution in [2.24, 2.45) is 4.99 Å². The fraction of sp³-hybridized carbons (Fsp3) is 0.625. The van der Waals surface area contributed by atoms with Gasteiger partial charge >= 0.3 is 0 Å². The van der Waals surface area contributed by atoms with Gasteiger partial charge < -0.3 is 20.7 Å². The summed E-state index contributed by atoms with van der Waals surface area (Å²) in [4.78, 5) is 17.2. The average molecular weight is 468 g/mol. The summed E-state index contributed by atoms with van der Waals surface area (Å²) < 4.78 is 5.31. The zero-order chi connectivity index (χ0) is 16.8. The van der Waals surface area contributed by atoms with Crippen LogP contribution in [-0.2, 0) is 16.1 Å². The zero-order valence-corrected chi connectivity index (χ0v) is 17.6. The minimum absolute atomic E-state index is 0. The number of nitrogens with one attached hydrogen (secondary N) is 3. The van der Waals surface area contributed by atoms with Gasteiger partial charge in [-0.1, -0.05) is 13.0 Å². The Morgan fingerprint density at radius 1 is 1.25 bits per heavy atom. The van der Waals surface area contributed by atoms with E-state index in [9.17, 15) is 4.79 Å². The molecule has 138 valence electrons. The van der Waals surface area contributed by atoms with Gasteiger partial charge in [0.05, 0.1) is 6.54 Å². The summed E-state index contributed by atoms with van der Waals surface area (Å²) in [6, 6.07) is 4.09. The number of ether oxygens (including phenoxy) is 1. The van der Waals surface area contributed by atoms with Gasteiger partial charge in [-0.2, -0.15) is 0 Å². The van der Waals surface area contributed by atoms with Crippen molar-refractivity contribution in [3.05, 3.63) is 22.4 Å². The molecule has 0 bridgehead atoms. The summed E-state index contributed by atoms with van der Waals surface area (Å²) in [5.74, 6) is 0.597. The second-order valence-corrected chi connectivity index (χ2v) is 5.96. The van der Waals surface area contributed by atoms with Crippen LogP contribution < -0.4 is 16.0 Å². The number of thiophene rings is 1. The lowest BCUT2D eigenvalue weighted by Crippen LogP contribution is -2.39. The van der Waals surface area contributed by atoms with Crippen LogP contribution in [0.4, 0.5) is 0 Å². The third-order valence-electron chi connectivity index (χ3n) is 2.93. The maximum Gasteiger partial charge on any atom is 0.241 e. The van der Waals surface area contributed by atoms with Crippen LogP contribution in [0.15, 0.2) is 22.5 Å². The van der Waals surface area contributed by atoms with Gasteiger partial charge in [0.1, 0.15) is 6.54 Å². The number of amides is 1. The van der Waals surface area contributed by atoms with Gasteiger partial charge in [0, 0.05) is 31.2 Å². The third kappa shape index (κ3) is 11.6. The first kappa shape index (κ1) is 23.1. The Morgan fingerprint density at radius 3 is 2.75 bits per heavy atom. The zero-order valence-electron chi connectivity index (χ0n) is 14.5. The molecule has 0 atom stereocenters. The van der Waals surface area contributed by atoms with Crippen molar-refractivity contribution >= 4 is 47.2 Å². The summed E-state index contributed by atoms with van der Waals surface area (Å²) in [6.07, 6.45) is 1.82. The highest BCUT2D eigenvalue weighted by Gasteiger charge is 2.03. The molecule has 1 aromatic rings. The minimum Gasteiger partial charge on any atom is -0.382 e. The van der Waals surface area contributed by atoms with E-state index in [-0.39, 0.29) is 36.4 Å². The highest BCUT2D eigenvalue weighted by Crippen LogP contribution is 2.07. The van der Waals surface area contributed by atoms with Crippen molar-refractivity contribution in [1.82, 2.24) is 16.0 Å². The lowest BCUT2D eigenvalue weighted by atomic mass is 10.4. The molecule has 1 heterocycles. The Labute approximate surface area is 165 Å². The summed E-state index contributed by atoms with van der Waals surface area (Å²) in [5, 5.41) is 11.4. The Bertz CT molecular complexity index is 455. The van der Waals surface area contributed by atoms with Crippen molar-refractivity contribution in [3.8, 4) is 0 Å². The predicted octanol–water partition coefficient (Wildman–Crippen LogP) is 2.35. The molecule has 1 rings (SSSR count). The van der Waals surface area contributed by atoms with E-state index < -0.39 is 0 Å². The van der Waals surface area contributed by atoms with E-state index >= 15 is 0 Å². The van der Waals surface area contributed by atoms with Gasteiger partial charge in [0.15, 0.2) is 5.96 Å². The van der Waals surface area contributed by atoms with Crippen LogP contribution in [0.2, 0.25) is 0 Å². The fourth-order valence-electron chi connectivity index (χ4n) is 1.75. The van der Waals surface area contributed by atoms with E-state index in [0.29, 0.717) is 19.0 Å². The fourth-order valence-corrected chi connectivity index (χ4v) is 2.40. The molecule has 0 aliphatic heterocycles. The maximum atomic E-state index is 11.7. The van der Waals surface area contributed by atoms with Crippen LogP contribution in [0.5, 0.6) is 0 Å². The lowest BCUT2D eigenvalue weighted by molar-refractivity contribution is -0.119. The molecule has 0 spiro atoms. The normalized spacial score (nSPS) is 10.8. The van der Waals surface area contributed by atoms with Crippen LogP contribution in [0, 0.1) is 0 Å². The number of aliphatic imine (C=N–C) groups is 1. The van der Waals surface area contributed by atoms with E-state index in [1.165, 1.54) is 4.88 Å². The van der Waals surface area contributed by atoms with E-state index in [1.54, 1.807) is 11.3 Å². The van der Waals surface area contributed by atoms with Crippen molar-refractivity contribution in [2.75, 3.05) is 32.8 Å². The number of carbonyl (C=O) groups is 1. The summed E-state index contributed by atoms with van der Waals surface area (Å²) in [7, 11) is 0. The van der Waals surface area contributed by atoms with E-state index in [2.05, 4.69) is 27.0 Å². The molecule has 0 aliphatic carbocycles. The SMILES string of the molecule is CCCNC(=O)CN=C(NCCCOCC)NCc1cccs1.I. The maximum absolute atomic E-state index is 11.7. The number of halogens is 1. The van der Waals surface area contributed by atoms with Gasteiger partial charge in [0.2, 0.25) is 5.91 Å². The molecule has 0 radical (unpaired) electrons. The predicted molar refractivity (Wildman–Crippen MR) is 111 cm³/mol. The topological polar surface area (TPSA) is 74.8 Å². The van der Waals surface area contributed by atoms with Gasteiger partial charge in [-0.05, 0) is 31.2 Å². The molecule has 1 aromatic heterocycles. The van der Waals surface area contributed by atoms with Crippen LogP contribution in [0.1, 0.15) is 31.6 Å². The van der Waals surface area contributed by atoms with Gasteiger partial charge in [-0.3, -0.25) is 4.79 Å². The summed E-state index contributed by atoms with van der Waals surface area (Å²) in [6.45, 7) is 7.74. The van der Waals surface area contributed by atoms with Gasteiger partial charge in [0.25, 0.3) is 0 Å². The first-order valence-corrected chi connectivity index (χ1v) is 9.03. The molecule has 1 amide bonds. The number of rotatable bonds is 11. The molecule has 0 saturated carbocycles. The van der Waals surface area contributed by atoms with Crippen molar-refractivity contribution < 1.29 is 9.53 Å². The largest absolute Gasteiger partial charge is 0.382 e. The standard InChI is InChI=1S/C16H28N4O2S.HI/c1-3-8-17-15(21)13-20-16(18-9-6-10-22-4-2)19-12-14-7-5-11-23-14;/h5,7,11H,3-4,6,8-10,12-13H2,1-2H3,(H,17,21)(H2,18,19,20);1H. The van der Waals surface area contributed by atoms with Crippen molar-refractivity contribution in [2.45, 2.75) is 33.2 Å². The van der Waals surface area contributed by atoms with E-state index in [1.807, 2.05) is 25.3 Å². The number of hydrogen-bond acceptors (Lipinski definition) is 4. The Hall–Kier alpha value is -0.870. The molecule has 0 aromatic carbocycles. The molecule has 0 saturated heterocycles. The van der Waals surface area contributed by atoms with Crippen molar-refractivity contribution in [1.29, 1.82) is 0 Å². The smallest absolute Gasteiger partial charge is 0.241 e. The quantitative estimate of drug-likeness (QED) is 0.202. The van der Waals surface area contributed by atoms with Crippen LogP contribution >= 0.6 is 35.3 Å². The highest BCUT2D eigenvalue weighted by molar-refractivity contribution is 14.0. The number of hydrogen-bond donors (Lipinski definition) is 3. The second kappa shape index (κ2) is 15.6. The molecule has 0 unspecified atom stereocenters. The number of carbonyl (C=O) groups excluding carboxylic acids is 1. The molecular formula is C16H29IN4O2S. The molecule has 0 fully saturated rings. The Kier molecular flexibility index (Phi) is 15.1. The molecular weight excluding hydrogens is 439 g/mol. The van der Waals surface area contributed by atoms with Crippen LogP contribution in [0.25, 0.3) is 0 Å². The summed E-state index contributed by atoms with van der Waals surface area (Å²) in [5.41, 5.74) is 0. The molecule has 0 aliphatic rings. The minimum atomic E-state index is -0.0570. The number of guanidine groups is 1. The molecule has 6 nitrogen and oxygen atoms in total. The molecule has 3 N–H and O–H groups in total. The number of nitrogens with zero attached hydrogens (tertiary/aromatic N) is 1. The lowest BCUT2D eigenvalue weighted by Gasteiger charge is -2.12. The average Bonchev–Trinajstić information content (AvgIpc) is 3.07. The highest BCUT2D eigenvalue weighted by atomic mass is 127. The van der Waals surface area contributed by atoms with Crippen LogP contribution in [0.3, 0.4) is 0 Å². The van der Waals surface area contributed by atoms with Crippen molar-refractivity contribution in [3.63, 3.8) is 0 Å². The molecule has 8 heteroatoms. The first-order valence-electron chi connectivity index (χ1n) is 8.15. The van der Waals surface area contributed by atoms with Gasteiger partial charge in [-0.15, -0.1) is 35.3 Å². The Morgan fingerprint density at radius 2 is 2.08 bits per heavy atom. The van der Waals surface area contributed by atoms with E-state index in [0.717, 1.165) is 32.6 Å². The first-order chi connectivity index (χ1) is 11.3. The monoisotopic (exact) mass is 468 g/mol. The molecule has 24 heavy (non-hydrogen) atoms. The Balaban J connectivity index is 0.00000529. The van der Waals surface area contributed by atoms with E-state index in [4.69, 9.17) is 4.74 Å². The second-order valence-electron chi connectivity index (χ2n) is 4.92. The van der Waals surface area contributed by atoms with Crippen LogP contribution in [-0.4, -0.2) is 44.7 Å².